The summed E-state index contributed by atoms with van der Waals surface area (Å²) in [5.74, 6) is -1.21. The molecule has 15 heavy (non-hydrogen) atoms. The molecule has 0 aromatic rings. The third-order valence-corrected chi connectivity index (χ3v) is 2.21. The lowest BCUT2D eigenvalue weighted by atomic mass is 9.81. The van der Waals surface area contributed by atoms with Crippen LogP contribution in [0.1, 0.15) is 25.7 Å². The number of unbranched alkanes of at least 4 members (excludes halogenated alkanes) is 1. The lowest BCUT2D eigenvalue weighted by Gasteiger charge is -2.21. The molecular formula is C8H16BNO5. The molecule has 6 nitrogen and oxygen atoms in total. The lowest BCUT2D eigenvalue weighted by molar-refractivity contribution is -0.144. The molecule has 0 rings (SSSR count). The number of hydrogen-bond donors (Lipinski definition) is 4. The summed E-state index contributed by atoms with van der Waals surface area (Å²) in [5.41, 5.74) is 3.99. The molecule has 1 unspecified atom stereocenters. The Labute approximate surface area is 88.2 Å². The van der Waals surface area contributed by atoms with Gasteiger partial charge >= 0.3 is 13.1 Å². The van der Waals surface area contributed by atoms with Gasteiger partial charge in [0, 0.05) is 6.42 Å². The molecule has 0 fully saturated rings. The van der Waals surface area contributed by atoms with Crippen LogP contribution in [0.3, 0.4) is 0 Å². The van der Waals surface area contributed by atoms with Crippen molar-refractivity contribution >= 4 is 19.4 Å². The molecule has 0 aromatic carbocycles. The molecule has 0 radical (unpaired) electrons. The minimum absolute atomic E-state index is 0.147. The summed E-state index contributed by atoms with van der Waals surface area (Å²) < 4.78 is 0. The Morgan fingerprint density at radius 3 is 2.40 bits per heavy atom. The Kier molecular flexibility index (Phi) is 6.15. The Hall–Kier alpha value is -0.915. The van der Waals surface area contributed by atoms with Crippen molar-refractivity contribution in [2.24, 2.45) is 5.73 Å². The molecule has 0 saturated carbocycles. The van der Waals surface area contributed by atoms with Crippen molar-refractivity contribution in [3.05, 3.63) is 0 Å². The number of carboxylic acids is 1. The number of nitrogens with two attached hydrogens (primary N) is 1. The number of hydrogen-bond acceptors (Lipinski definition) is 5. The Morgan fingerprint density at radius 2 is 2.00 bits per heavy atom. The van der Waals surface area contributed by atoms with Gasteiger partial charge in [-0.15, -0.1) is 0 Å². The number of carbonyl (C=O) groups is 2. The van der Waals surface area contributed by atoms with Crippen molar-refractivity contribution in [3.8, 4) is 0 Å². The lowest BCUT2D eigenvalue weighted by Crippen LogP contribution is -2.48. The van der Waals surface area contributed by atoms with E-state index in [4.69, 9.17) is 20.9 Å². The van der Waals surface area contributed by atoms with Gasteiger partial charge in [-0.2, -0.15) is 0 Å². The first-order valence-corrected chi connectivity index (χ1v) is 4.74. The highest BCUT2D eigenvalue weighted by Gasteiger charge is 2.32. The summed E-state index contributed by atoms with van der Waals surface area (Å²) in [6, 6.07) is 0. The van der Waals surface area contributed by atoms with E-state index < -0.39 is 18.6 Å². The second-order valence-electron chi connectivity index (χ2n) is 3.56. The zero-order valence-corrected chi connectivity index (χ0v) is 8.43. The second kappa shape index (κ2) is 6.55. The monoisotopic (exact) mass is 217 g/mol. The Bertz CT molecular complexity index is 223. The summed E-state index contributed by atoms with van der Waals surface area (Å²) in [6.07, 6.45) is 1.47. The second-order valence-corrected chi connectivity index (χ2v) is 3.56. The largest absolute Gasteiger partial charge is 0.480 e. The normalized spacial score (nSPS) is 14.3. The van der Waals surface area contributed by atoms with Crippen molar-refractivity contribution in [2.75, 3.05) is 0 Å². The zero-order valence-electron chi connectivity index (χ0n) is 8.43. The van der Waals surface area contributed by atoms with Crippen molar-refractivity contribution in [1.82, 2.24) is 0 Å². The van der Waals surface area contributed by atoms with Crippen LogP contribution in [0.2, 0.25) is 6.32 Å². The molecule has 0 aliphatic rings. The third kappa shape index (κ3) is 5.51. The summed E-state index contributed by atoms with van der Waals surface area (Å²) in [7, 11) is -1.38. The van der Waals surface area contributed by atoms with Gasteiger partial charge in [0.15, 0.2) is 0 Å². The van der Waals surface area contributed by atoms with Crippen LogP contribution in [0.15, 0.2) is 0 Å². The summed E-state index contributed by atoms with van der Waals surface area (Å²) >= 11 is 0. The molecule has 1 atom stereocenters. The SMILES string of the molecule is NC(CC=O)(CCCCB(O)O)C(=O)O. The maximum Gasteiger partial charge on any atom is 0.451 e. The standard InChI is InChI=1S/C8H16BNO5/c10-8(4-6-11,7(12)13)3-1-2-5-9(14)15/h6,14-15H,1-5,10H2,(H,12,13). The summed E-state index contributed by atoms with van der Waals surface area (Å²) in [4.78, 5) is 21.0. The van der Waals surface area contributed by atoms with Crippen LogP contribution in [0.4, 0.5) is 0 Å². The first kappa shape index (κ1) is 14.1. The fraction of sp³-hybridized carbons (Fsp3) is 0.750. The molecule has 0 amide bonds. The van der Waals surface area contributed by atoms with Crippen LogP contribution in [-0.2, 0) is 9.59 Å². The Balaban J connectivity index is 3.97. The van der Waals surface area contributed by atoms with Crippen LogP contribution in [0, 0.1) is 0 Å². The zero-order chi connectivity index (χ0) is 11.9. The number of carbonyl (C=O) groups excluding carboxylic acids is 1. The van der Waals surface area contributed by atoms with E-state index in [0.717, 1.165) is 0 Å². The smallest absolute Gasteiger partial charge is 0.451 e. The van der Waals surface area contributed by atoms with Crippen molar-refractivity contribution in [2.45, 2.75) is 37.5 Å². The average Bonchev–Trinajstić information content (AvgIpc) is 2.12. The number of carboxylic acid groups (broad SMARTS) is 1. The van der Waals surface area contributed by atoms with Crippen LogP contribution in [0.25, 0.3) is 0 Å². The minimum atomic E-state index is -1.53. The highest BCUT2D eigenvalue weighted by Crippen LogP contribution is 2.16. The van der Waals surface area contributed by atoms with Gasteiger partial charge in [-0.25, -0.2) is 0 Å². The maximum atomic E-state index is 10.8. The fourth-order valence-electron chi connectivity index (χ4n) is 1.21. The molecule has 7 heteroatoms. The minimum Gasteiger partial charge on any atom is -0.480 e. The molecule has 0 bridgehead atoms. The van der Waals surface area contributed by atoms with Gasteiger partial charge in [0.25, 0.3) is 0 Å². The van der Waals surface area contributed by atoms with Crippen LogP contribution in [-0.4, -0.2) is 40.1 Å². The van der Waals surface area contributed by atoms with E-state index in [9.17, 15) is 9.59 Å². The predicted molar refractivity (Wildman–Crippen MR) is 54.1 cm³/mol. The molecule has 0 aromatic heterocycles. The van der Waals surface area contributed by atoms with Gasteiger partial charge in [-0.1, -0.05) is 12.8 Å². The Morgan fingerprint density at radius 1 is 1.40 bits per heavy atom. The molecule has 0 saturated heterocycles. The van der Waals surface area contributed by atoms with Gasteiger partial charge in [-0.05, 0) is 12.7 Å². The first-order valence-electron chi connectivity index (χ1n) is 4.74. The van der Waals surface area contributed by atoms with Gasteiger partial charge in [-0.3, -0.25) is 4.79 Å². The van der Waals surface area contributed by atoms with Gasteiger partial charge < -0.3 is 25.7 Å². The van der Waals surface area contributed by atoms with Crippen LogP contribution in [0.5, 0.6) is 0 Å². The van der Waals surface area contributed by atoms with E-state index in [1.165, 1.54) is 0 Å². The van der Waals surface area contributed by atoms with Gasteiger partial charge in [0.1, 0.15) is 11.8 Å². The van der Waals surface area contributed by atoms with E-state index in [0.29, 0.717) is 19.1 Å². The van der Waals surface area contributed by atoms with E-state index in [1.54, 1.807) is 0 Å². The van der Waals surface area contributed by atoms with Crippen LogP contribution >= 0.6 is 0 Å². The average molecular weight is 217 g/mol. The summed E-state index contributed by atoms with van der Waals surface area (Å²) in [6.45, 7) is 0. The molecule has 0 aliphatic carbocycles. The molecule has 0 aliphatic heterocycles. The van der Waals surface area contributed by atoms with Crippen LogP contribution < -0.4 is 5.73 Å². The predicted octanol–water partition coefficient (Wildman–Crippen LogP) is -0.999. The molecular weight excluding hydrogens is 201 g/mol. The number of aldehydes is 1. The van der Waals surface area contributed by atoms with Gasteiger partial charge in [0.2, 0.25) is 0 Å². The summed E-state index contributed by atoms with van der Waals surface area (Å²) in [5, 5.41) is 25.9. The topological polar surface area (TPSA) is 121 Å². The number of aliphatic carboxylic acids is 1. The highest BCUT2D eigenvalue weighted by molar-refractivity contribution is 6.40. The molecule has 0 heterocycles. The molecule has 86 valence electrons. The van der Waals surface area contributed by atoms with E-state index in [1.807, 2.05) is 0 Å². The molecule has 5 N–H and O–H groups in total. The van der Waals surface area contributed by atoms with E-state index in [-0.39, 0.29) is 19.2 Å². The van der Waals surface area contributed by atoms with E-state index in [2.05, 4.69) is 0 Å². The fourth-order valence-corrected chi connectivity index (χ4v) is 1.21. The highest BCUT2D eigenvalue weighted by atomic mass is 16.4. The van der Waals surface area contributed by atoms with Crippen molar-refractivity contribution in [1.29, 1.82) is 0 Å². The molecule has 0 spiro atoms. The third-order valence-electron chi connectivity index (χ3n) is 2.21. The number of rotatable bonds is 8. The van der Waals surface area contributed by atoms with Crippen molar-refractivity contribution < 1.29 is 24.7 Å². The van der Waals surface area contributed by atoms with Crippen molar-refractivity contribution in [3.63, 3.8) is 0 Å². The van der Waals surface area contributed by atoms with Gasteiger partial charge in [0.05, 0.1) is 0 Å². The first-order chi connectivity index (χ1) is 6.92. The maximum absolute atomic E-state index is 10.8. The van der Waals surface area contributed by atoms with E-state index >= 15 is 0 Å². The quantitative estimate of drug-likeness (QED) is 0.235.